The van der Waals surface area contributed by atoms with Crippen LogP contribution < -0.4 is 5.73 Å². The zero-order valence-corrected chi connectivity index (χ0v) is 12.0. The molecule has 0 spiro atoms. The third-order valence-electron chi connectivity index (χ3n) is 2.64. The molecule has 1 aromatic carbocycles. The molecule has 0 aliphatic carbocycles. The van der Waals surface area contributed by atoms with E-state index in [4.69, 9.17) is 11.0 Å². The second kappa shape index (κ2) is 6.36. The van der Waals surface area contributed by atoms with Crippen LogP contribution in [0.25, 0.3) is 0 Å². The number of carbonyl (C=O) groups excluding carboxylic acids is 1. The Morgan fingerprint density at radius 2 is 2.15 bits per heavy atom. The first kappa shape index (κ1) is 15.9. The molecule has 0 aliphatic rings. The summed E-state index contributed by atoms with van der Waals surface area (Å²) in [6.45, 7) is 0.0221. The van der Waals surface area contributed by atoms with Crippen LogP contribution in [0.15, 0.2) is 23.1 Å². The molecule has 1 aromatic rings. The van der Waals surface area contributed by atoms with E-state index in [2.05, 4.69) is 4.74 Å². The lowest BCUT2D eigenvalue weighted by Crippen LogP contribution is -2.29. The molecule has 7 nitrogen and oxygen atoms in total. The molecule has 0 aliphatic heterocycles. The number of ether oxygens (including phenoxy) is 1. The fourth-order valence-electron chi connectivity index (χ4n) is 1.53. The minimum Gasteiger partial charge on any atom is -0.465 e. The van der Waals surface area contributed by atoms with E-state index in [-0.39, 0.29) is 29.1 Å². The first-order valence-electron chi connectivity index (χ1n) is 5.65. The smallest absolute Gasteiger partial charge is 0.339 e. The van der Waals surface area contributed by atoms with Crippen molar-refractivity contribution in [2.45, 2.75) is 11.3 Å². The predicted octanol–water partition coefficient (Wildman–Crippen LogP) is 0.590. The van der Waals surface area contributed by atoms with Crippen molar-refractivity contribution in [1.29, 1.82) is 5.26 Å². The predicted molar refractivity (Wildman–Crippen MR) is 72.2 cm³/mol. The van der Waals surface area contributed by atoms with Crippen LogP contribution in [0.3, 0.4) is 0 Å². The number of nitrogens with two attached hydrogens (primary N) is 1. The minimum absolute atomic E-state index is 0.0221. The van der Waals surface area contributed by atoms with Crippen molar-refractivity contribution in [2.24, 2.45) is 0 Å². The van der Waals surface area contributed by atoms with Crippen LogP contribution in [0.5, 0.6) is 0 Å². The number of benzene rings is 1. The van der Waals surface area contributed by atoms with Crippen molar-refractivity contribution >= 4 is 21.7 Å². The van der Waals surface area contributed by atoms with Gasteiger partial charge in [0.15, 0.2) is 0 Å². The fourth-order valence-corrected chi connectivity index (χ4v) is 2.91. The standard InChI is InChI=1S/C12H15N3O4S/c1-15(7-3-6-13)20(17,18)11-8-9(14)4-5-10(11)12(16)19-2/h4-5,8H,3,7,14H2,1-2H3. The van der Waals surface area contributed by atoms with Crippen molar-refractivity contribution in [3.8, 4) is 6.07 Å². The molecule has 0 heterocycles. The van der Waals surface area contributed by atoms with Crippen molar-refractivity contribution in [2.75, 3.05) is 26.4 Å². The Bertz CT molecular complexity index is 649. The van der Waals surface area contributed by atoms with Gasteiger partial charge in [0.2, 0.25) is 10.0 Å². The third kappa shape index (κ3) is 3.26. The number of nitriles is 1. The molecule has 20 heavy (non-hydrogen) atoms. The van der Waals surface area contributed by atoms with Crippen LogP contribution in [-0.2, 0) is 14.8 Å². The maximum atomic E-state index is 12.4. The molecule has 0 radical (unpaired) electrons. The van der Waals surface area contributed by atoms with Gasteiger partial charge in [-0.25, -0.2) is 13.2 Å². The molecule has 1 rings (SSSR count). The van der Waals surface area contributed by atoms with Gasteiger partial charge in [-0.15, -0.1) is 0 Å². The van der Waals surface area contributed by atoms with E-state index in [1.165, 1.54) is 25.2 Å². The number of anilines is 1. The molecular formula is C12H15N3O4S. The van der Waals surface area contributed by atoms with Crippen LogP contribution in [-0.4, -0.2) is 39.4 Å². The van der Waals surface area contributed by atoms with Crippen molar-refractivity contribution in [1.82, 2.24) is 4.31 Å². The highest BCUT2D eigenvalue weighted by Gasteiger charge is 2.27. The topological polar surface area (TPSA) is 113 Å². The highest BCUT2D eigenvalue weighted by Crippen LogP contribution is 2.23. The highest BCUT2D eigenvalue weighted by atomic mass is 32.2. The highest BCUT2D eigenvalue weighted by molar-refractivity contribution is 7.89. The fraction of sp³-hybridized carbons (Fsp3) is 0.333. The zero-order valence-electron chi connectivity index (χ0n) is 11.2. The summed E-state index contributed by atoms with van der Waals surface area (Å²) >= 11 is 0. The van der Waals surface area contributed by atoms with Gasteiger partial charge in [-0.05, 0) is 18.2 Å². The Morgan fingerprint density at radius 3 is 2.70 bits per heavy atom. The summed E-state index contributed by atoms with van der Waals surface area (Å²) in [7, 11) is -1.43. The Hall–Kier alpha value is -2.11. The van der Waals surface area contributed by atoms with Gasteiger partial charge in [-0.3, -0.25) is 0 Å². The number of hydrogen-bond donors (Lipinski definition) is 1. The van der Waals surface area contributed by atoms with Gasteiger partial charge in [0, 0.05) is 25.7 Å². The summed E-state index contributed by atoms with van der Waals surface area (Å²) in [5.74, 6) is -0.766. The molecule has 108 valence electrons. The van der Waals surface area contributed by atoms with Crippen molar-refractivity contribution < 1.29 is 17.9 Å². The first-order chi connectivity index (χ1) is 9.34. The van der Waals surface area contributed by atoms with E-state index < -0.39 is 16.0 Å². The third-order valence-corrected chi connectivity index (χ3v) is 4.53. The van der Waals surface area contributed by atoms with Crippen molar-refractivity contribution in [3.63, 3.8) is 0 Å². The summed E-state index contributed by atoms with van der Waals surface area (Å²) in [5.41, 5.74) is 5.70. The molecule has 0 fully saturated rings. The lowest BCUT2D eigenvalue weighted by molar-refractivity contribution is 0.0596. The lowest BCUT2D eigenvalue weighted by Gasteiger charge is -2.17. The largest absolute Gasteiger partial charge is 0.465 e. The van der Waals surface area contributed by atoms with Crippen LogP contribution in [0.4, 0.5) is 5.69 Å². The van der Waals surface area contributed by atoms with Gasteiger partial charge in [-0.1, -0.05) is 0 Å². The second-order valence-corrected chi connectivity index (χ2v) is 6.00. The van der Waals surface area contributed by atoms with Crippen molar-refractivity contribution in [3.05, 3.63) is 23.8 Å². The Morgan fingerprint density at radius 1 is 1.50 bits per heavy atom. The molecule has 8 heteroatoms. The van der Waals surface area contributed by atoms with Crippen LogP contribution in [0, 0.1) is 11.3 Å². The van der Waals surface area contributed by atoms with Crippen LogP contribution in [0.1, 0.15) is 16.8 Å². The van der Waals surface area contributed by atoms with E-state index in [0.717, 1.165) is 11.4 Å². The van der Waals surface area contributed by atoms with E-state index >= 15 is 0 Å². The Labute approximate surface area is 117 Å². The van der Waals surface area contributed by atoms with E-state index in [1.54, 1.807) is 0 Å². The second-order valence-electron chi connectivity index (χ2n) is 3.98. The van der Waals surface area contributed by atoms with E-state index in [0.29, 0.717) is 0 Å². The molecule has 0 aromatic heterocycles. The molecule has 0 saturated carbocycles. The summed E-state index contributed by atoms with van der Waals surface area (Å²) in [5, 5.41) is 8.51. The van der Waals surface area contributed by atoms with Gasteiger partial charge in [0.1, 0.15) is 0 Å². The average molecular weight is 297 g/mol. The summed E-state index contributed by atoms with van der Waals surface area (Å²) in [6.07, 6.45) is 0.0472. The number of esters is 1. The quantitative estimate of drug-likeness (QED) is 0.628. The zero-order chi connectivity index (χ0) is 15.3. The number of sulfonamides is 1. The first-order valence-corrected chi connectivity index (χ1v) is 7.09. The SMILES string of the molecule is COC(=O)c1ccc(N)cc1S(=O)(=O)N(C)CCC#N. The number of hydrogen-bond acceptors (Lipinski definition) is 6. The van der Waals surface area contributed by atoms with Gasteiger partial charge in [-0.2, -0.15) is 9.57 Å². The maximum Gasteiger partial charge on any atom is 0.339 e. The number of nitrogen functional groups attached to an aromatic ring is 1. The van der Waals surface area contributed by atoms with Crippen LogP contribution in [0.2, 0.25) is 0 Å². The summed E-state index contributed by atoms with van der Waals surface area (Å²) < 4.78 is 30.3. The van der Waals surface area contributed by atoms with Gasteiger partial charge in [0.25, 0.3) is 0 Å². The number of nitrogens with zero attached hydrogens (tertiary/aromatic N) is 2. The lowest BCUT2D eigenvalue weighted by atomic mass is 10.2. The summed E-state index contributed by atoms with van der Waals surface area (Å²) in [6, 6.07) is 5.77. The Balaban J connectivity index is 3.33. The number of carbonyl (C=O) groups is 1. The van der Waals surface area contributed by atoms with E-state index in [9.17, 15) is 13.2 Å². The minimum atomic E-state index is -3.92. The van der Waals surface area contributed by atoms with E-state index in [1.807, 2.05) is 6.07 Å². The van der Waals surface area contributed by atoms with Crippen LogP contribution >= 0.6 is 0 Å². The average Bonchev–Trinajstić information content (AvgIpc) is 2.43. The monoisotopic (exact) mass is 297 g/mol. The molecule has 0 amide bonds. The maximum absolute atomic E-state index is 12.4. The molecule has 0 atom stereocenters. The Kier molecular flexibility index (Phi) is 5.07. The normalized spacial score (nSPS) is 11.1. The van der Waals surface area contributed by atoms with Gasteiger partial charge < -0.3 is 10.5 Å². The van der Waals surface area contributed by atoms with Gasteiger partial charge >= 0.3 is 5.97 Å². The number of methoxy groups -OCH3 is 1. The molecule has 0 saturated heterocycles. The molecule has 2 N–H and O–H groups in total. The summed E-state index contributed by atoms with van der Waals surface area (Å²) in [4.78, 5) is 11.4. The van der Waals surface area contributed by atoms with Gasteiger partial charge in [0.05, 0.1) is 23.6 Å². The molecule has 0 bridgehead atoms. The molecule has 0 unspecified atom stereocenters. The number of rotatable bonds is 5. The molecular weight excluding hydrogens is 282 g/mol.